The van der Waals surface area contributed by atoms with Crippen LogP contribution in [0.25, 0.3) is 0 Å². The predicted molar refractivity (Wildman–Crippen MR) is 77.9 cm³/mol. The average molecular weight is 291 g/mol. The third kappa shape index (κ3) is 2.75. The van der Waals surface area contributed by atoms with Crippen LogP contribution in [0.1, 0.15) is 28.9 Å². The third-order valence-electron chi connectivity index (χ3n) is 3.29. The first-order valence-corrected chi connectivity index (χ1v) is 6.54. The number of amides is 1. The van der Waals surface area contributed by atoms with Crippen molar-refractivity contribution >= 4 is 17.5 Å². The van der Waals surface area contributed by atoms with Crippen molar-refractivity contribution in [3.05, 3.63) is 58.9 Å². The van der Waals surface area contributed by atoms with Gasteiger partial charge in [0.15, 0.2) is 0 Å². The molecule has 2 aromatic rings. The summed E-state index contributed by atoms with van der Waals surface area (Å²) in [5.41, 5.74) is 1.08. The number of hydrogen-bond donors (Lipinski definition) is 1. The highest BCUT2D eigenvalue weighted by Gasteiger charge is 2.22. The van der Waals surface area contributed by atoms with Gasteiger partial charge < -0.3 is 10.0 Å². The molecule has 0 aliphatic carbocycles. The van der Waals surface area contributed by atoms with E-state index in [1.165, 1.54) is 17.3 Å². The summed E-state index contributed by atoms with van der Waals surface area (Å²) in [6, 6.07) is 8.27. The van der Waals surface area contributed by atoms with E-state index >= 15 is 0 Å². The van der Waals surface area contributed by atoms with Crippen LogP contribution < -0.4 is 0 Å². The van der Waals surface area contributed by atoms with Gasteiger partial charge >= 0.3 is 0 Å². The number of para-hydroxylation sites is 1. The summed E-state index contributed by atoms with van der Waals surface area (Å²) in [5, 5.41) is 10.2. The fraction of sp³-hybridized carbons (Fsp3) is 0.200. The molecular formula is C15H15ClN2O2. The lowest BCUT2D eigenvalue weighted by Crippen LogP contribution is -2.30. The van der Waals surface area contributed by atoms with Gasteiger partial charge in [0.1, 0.15) is 5.75 Å². The van der Waals surface area contributed by atoms with Crippen molar-refractivity contribution in [2.45, 2.75) is 13.0 Å². The number of hydrogen-bond acceptors (Lipinski definition) is 3. The number of pyridine rings is 1. The van der Waals surface area contributed by atoms with Crippen molar-refractivity contribution in [3.63, 3.8) is 0 Å². The molecule has 20 heavy (non-hydrogen) atoms. The number of nitrogens with zero attached hydrogens (tertiary/aromatic N) is 2. The first kappa shape index (κ1) is 14.3. The van der Waals surface area contributed by atoms with Gasteiger partial charge in [-0.2, -0.15) is 0 Å². The normalized spacial score (nSPS) is 11.9. The van der Waals surface area contributed by atoms with Gasteiger partial charge in [0.05, 0.1) is 16.6 Å². The number of carbonyl (C=O) groups excluding carboxylic acids is 1. The largest absolute Gasteiger partial charge is 0.508 e. The molecule has 0 saturated heterocycles. The molecule has 0 fully saturated rings. The van der Waals surface area contributed by atoms with E-state index < -0.39 is 0 Å². The van der Waals surface area contributed by atoms with Crippen LogP contribution in [0.2, 0.25) is 5.02 Å². The van der Waals surface area contributed by atoms with E-state index in [0.29, 0.717) is 16.1 Å². The maximum absolute atomic E-state index is 12.4. The summed E-state index contributed by atoms with van der Waals surface area (Å²) >= 11 is 5.99. The maximum Gasteiger partial charge on any atom is 0.255 e. The minimum atomic E-state index is -0.270. The molecule has 5 heteroatoms. The van der Waals surface area contributed by atoms with Gasteiger partial charge in [-0.3, -0.25) is 9.78 Å². The van der Waals surface area contributed by atoms with Gasteiger partial charge in [-0.15, -0.1) is 0 Å². The second-order valence-electron chi connectivity index (χ2n) is 4.51. The highest BCUT2D eigenvalue weighted by molar-refractivity contribution is 6.33. The number of carbonyl (C=O) groups is 1. The fourth-order valence-corrected chi connectivity index (χ4v) is 2.16. The third-order valence-corrected chi connectivity index (χ3v) is 3.59. The molecule has 1 amide bonds. The van der Waals surface area contributed by atoms with Crippen LogP contribution in [0.4, 0.5) is 0 Å². The lowest BCUT2D eigenvalue weighted by Gasteiger charge is -2.26. The Morgan fingerprint density at radius 2 is 2.05 bits per heavy atom. The first-order chi connectivity index (χ1) is 9.52. The number of aromatic hydroxyl groups is 1. The Bertz CT molecular complexity index is 631. The van der Waals surface area contributed by atoms with E-state index in [-0.39, 0.29) is 17.7 Å². The highest BCUT2D eigenvalue weighted by Crippen LogP contribution is 2.28. The Hall–Kier alpha value is -2.07. The lowest BCUT2D eigenvalue weighted by atomic mass is 10.1. The number of rotatable bonds is 3. The summed E-state index contributed by atoms with van der Waals surface area (Å²) in [6.45, 7) is 1.85. The Balaban J connectivity index is 2.28. The van der Waals surface area contributed by atoms with E-state index in [4.69, 9.17) is 11.6 Å². The summed E-state index contributed by atoms with van der Waals surface area (Å²) in [5.74, 6) is -0.0476. The van der Waals surface area contributed by atoms with Crippen LogP contribution in [-0.4, -0.2) is 27.9 Å². The standard InChI is InChI=1S/C15H15ClN2O2/c1-10(11-5-3-4-6-14(11)19)18(2)15(20)12-7-8-17-9-13(12)16/h3-10,19H,1-2H3. The number of phenolic OH excluding ortho intramolecular Hbond substituents is 1. The first-order valence-electron chi connectivity index (χ1n) is 6.17. The monoisotopic (exact) mass is 290 g/mol. The number of aromatic nitrogens is 1. The summed E-state index contributed by atoms with van der Waals surface area (Å²) < 4.78 is 0. The van der Waals surface area contributed by atoms with Crippen molar-refractivity contribution in [1.29, 1.82) is 0 Å². The van der Waals surface area contributed by atoms with Crippen LogP contribution in [-0.2, 0) is 0 Å². The second kappa shape index (κ2) is 5.92. The molecule has 0 radical (unpaired) electrons. The summed E-state index contributed by atoms with van der Waals surface area (Å²) in [6.07, 6.45) is 2.96. The molecule has 1 aromatic heterocycles. The van der Waals surface area contributed by atoms with E-state index in [2.05, 4.69) is 4.98 Å². The molecule has 2 rings (SSSR count). The van der Waals surface area contributed by atoms with Crippen molar-refractivity contribution < 1.29 is 9.90 Å². The van der Waals surface area contributed by atoms with Crippen molar-refractivity contribution in [2.24, 2.45) is 0 Å². The second-order valence-corrected chi connectivity index (χ2v) is 4.91. The number of benzene rings is 1. The molecule has 1 aromatic carbocycles. The molecule has 1 atom stereocenters. The SMILES string of the molecule is CC(c1ccccc1O)N(C)C(=O)c1ccncc1Cl. The Labute approximate surface area is 122 Å². The average Bonchev–Trinajstić information content (AvgIpc) is 2.46. The maximum atomic E-state index is 12.4. The molecule has 0 spiro atoms. The molecule has 1 unspecified atom stereocenters. The van der Waals surface area contributed by atoms with Crippen LogP contribution in [0.5, 0.6) is 5.75 Å². The molecule has 4 nitrogen and oxygen atoms in total. The van der Waals surface area contributed by atoms with Crippen molar-refractivity contribution in [3.8, 4) is 5.75 Å². The smallest absolute Gasteiger partial charge is 0.255 e. The molecule has 0 bridgehead atoms. The van der Waals surface area contributed by atoms with Gasteiger partial charge in [-0.05, 0) is 19.1 Å². The quantitative estimate of drug-likeness (QED) is 0.944. The molecule has 0 saturated carbocycles. The molecule has 1 N–H and O–H groups in total. The summed E-state index contributed by atoms with van der Waals surface area (Å²) in [7, 11) is 1.68. The Morgan fingerprint density at radius 3 is 2.70 bits per heavy atom. The van der Waals surface area contributed by atoms with E-state index in [0.717, 1.165) is 0 Å². The van der Waals surface area contributed by atoms with Gasteiger partial charge in [0.2, 0.25) is 0 Å². The van der Waals surface area contributed by atoms with E-state index in [1.807, 2.05) is 13.0 Å². The molecule has 1 heterocycles. The predicted octanol–water partition coefficient (Wildman–Crippen LogP) is 3.27. The van der Waals surface area contributed by atoms with Crippen LogP contribution in [0.15, 0.2) is 42.7 Å². The minimum Gasteiger partial charge on any atom is -0.508 e. The molecule has 104 valence electrons. The van der Waals surface area contributed by atoms with E-state index in [9.17, 15) is 9.90 Å². The highest BCUT2D eigenvalue weighted by atomic mass is 35.5. The van der Waals surface area contributed by atoms with Crippen molar-refractivity contribution in [1.82, 2.24) is 9.88 Å². The van der Waals surface area contributed by atoms with Gasteiger partial charge in [0, 0.05) is 25.0 Å². The molecule has 0 aliphatic heterocycles. The number of phenols is 1. The Kier molecular flexibility index (Phi) is 4.25. The van der Waals surface area contributed by atoms with Crippen molar-refractivity contribution in [2.75, 3.05) is 7.05 Å². The van der Waals surface area contributed by atoms with Crippen LogP contribution in [0.3, 0.4) is 0 Å². The summed E-state index contributed by atoms with van der Waals surface area (Å²) in [4.78, 5) is 17.8. The van der Waals surface area contributed by atoms with Crippen LogP contribution >= 0.6 is 11.6 Å². The van der Waals surface area contributed by atoms with E-state index in [1.54, 1.807) is 31.3 Å². The lowest BCUT2D eigenvalue weighted by molar-refractivity contribution is 0.0741. The topological polar surface area (TPSA) is 53.4 Å². The van der Waals surface area contributed by atoms with Gasteiger partial charge in [-0.25, -0.2) is 0 Å². The molecule has 0 aliphatic rings. The molecular weight excluding hydrogens is 276 g/mol. The fourth-order valence-electron chi connectivity index (χ4n) is 1.96. The zero-order chi connectivity index (χ0) is 14.7. The Morgan fingerprint density at radius 1 is 1.35 bits per heavy atom. The van der Waals surface area contributed by atoms with Gasteiger partial charge in [0.25, 0.3) is 5.91 Å². The number of halogens is 1. The zero-order valence-corrected chi connectivity index (χ0v) is 12.0. The van der Waals surface area contributed by atoms with Gasteiger partial charge in [-0.1, -0.05) is 29.8 Å². The zero-order valence-electron chi connectivity index (χ0n) is 11.2. The minimum absolute atomic E-state index is 0.167. The van der Waals surface area contributed by atoms with Crippen LogP contribution in [0, 0.1) is 0 Å².